The zero-order valence-corrected chi connectivity index (χ0v) is 19.1. The number of sulfonamides is 2. The molecule has 0 spiro atoms. The van der Waals surface area contributed by atoms with Gasteiger partial charge in [-0.3, -0.25) is 4.72 Å². The molecule has 31 heavy (non-hydrogen) atoms. The van der Waals surface area contributed by atoms with Gasteiger partial charge < -0.3 is 9.72 Å². The van der Waals surface area contributed by atoms with E-state index in [9.17, 15) is 16.8 Å². The molecule has 0 unspecified atom stereocenters. The summed E-state index contributed by atoms with van der Waals surface area (Å²) in [6, 6.07) is 8.12. The number of halogens is 1. The minimum atomic E-state index is -3.94. The second-order valence-electron chi connectivity index (χ2n) is 7.40. The number of aryl methyl sites for hydroxylation is 1. The fourth-order valence-corrected chi connectivity index (χ4v) is 6.24. The van der Waals surface area contributed by atoms with E-state index in [4.69, 9.17) is 16.3 Å². The van der Waals surface area contributed by atoms with Crippen molar-refractivity contribution in [1.82, 2.24) is 9.71 Å². The number of hydrogen-bond acceptors (Lipinski definition) is 5. The third-order valence-electron chi connectivity index (χ3n) is 5.21. The number of fused-ring (bicyclic) bond motifs is 1. The fraction of sp³-hybridized carbons (Fsp3) is 0.300. The van der Waals surface area contributed by atoms with Crippen LogP contribution in [-0.2, 0) is 24.8 Å². The van der Waals surface area contributed by atoms with Crippen LogP contribution in [0.1, 0.15) is 18.4 Å². The predicted octanol–water partition coefficient (Wildman–Crippen LogP) is 3.39. The monoisotopic (exact) mass is 483 g/mol. The number of anilines is 1. The number of rotatable bonds is 6. The van der Waals surface area contributed by atoms with Crippen molar-refractivity contribution in [1.29, 1.82) is 0 Å². The molecular formula is C20H22ClN3O5S2. The summed E-state index contributed by atoms with van der Waals surface area (Å²) in [7, 11) is -7.69. The van der Waals surface area contributed by atoms with E-state index in [1.54, 1.807) is 18.3 Å². The first kappa shape index (κ1) is 22.1. The first-order valence-electron chi connectivity index (χ1n) is 9.66. The van der Waals surface area contributed by atoms with E-state index in [-0.39, 0.29) is 15.8 Å². The molecule has 3 aromatic rings. The molecule has 2 aromatic carbocycles. The van der Waals surface area contributed by atoms with Crippen LogP contribution in [0.3, 0.4) is 0 Å². The Labute approximate surface area is 186 Å². The molecule has 0 amide bonds. The average molecular weight is 484 g/mol. The highest BCUT2D eigenvalue weighted by molar-refractivity contribution is 7.92. The molecule has 11 heteroatoms. The van der Waals surface area contributed by atoms with Crippen LogP contribution in [0.5, 0.6) is 0 Å². The number of nitrogens with one attached hydrogen (secondary N) is 3. The SMILES string of the molecule is Cc1c[nH]c2c(NS(=O)(=O)c3ccc(S(=O)(=O)NC4CCOCC4)cc3)ccc(Cl)c12. The van der Waals surface area contributed by atoms with E-state index in [1.165, 1.54) is 24.3 Å². The van der Waals surface area contributed by atoms with Gasteiger partial charge in [0.1, 0.15) is 0 Å². The summed E-state index contributed by atoms with van der Waals surface area (Å²) < 4.78 is 61.4. The van der Waals surface area contributed by atoms with Crippen molar-refractivity contribution in [2.75, 3.05) is 17.9 Å². The van der Waals surface area contributed by atoms with Crippen molar-refractivity contribution in [3.8, 4) is 0 Å². The van der Waals surface area contributed by atoms with Gasteiger partial charge in [-0.25, -0.2) is 21.6 Å². The van der Waals surface area contributed by atoms with Gasteiger partial charge in [-0.1, -0.05) is 11.6 Å². The summed E-state index contributed by atoms with van der Waals surface area (Å²) in [4.78, 5) is 2.99. The van der Waals surface area contributed by atoms with E-state index < -0.39 is 20.0 Å². The zero-order valence-electron chi connectivity index (χ0n) is 16.7. The van der Waals surface area contributed by atoms with Gasteiger partial charge in [-0.15, -0.1) is 0 Å². The van der Waals surface area contributed by atoms with Crippen LogP contribution in [0.4, 0.5) is 5.69 Å². The molecular weight excluding hydrogens is 462 g/mol. The molecule has 4 rings (SSSR count). The number of aromatic nitrogens is 1. The Morgan fingerprint density at radius 3 is 2.23 bits per heavy atom. The van der Waals surface area contributed by atoms with E-state index >= 15 is 0 Å². The first-order valence-corrected chi connectivity index (χ1v) is 13.0. The Morgan fingerprint density at radius 2 is 1.58 bits per heavy atom. The molecule has 2 heterocycles. The summed E-state index contributed by atoms with van der Waals surface area (Å²) in [5.41, 5.74) is 1.83. The van der Waals surface area contributed by atoms with Gasteiger partial charge in [0.15, 0.2) is 0 Å². The molecule has 1 saturated heterocycles. The summed E-state index contributed by atoms with van der Waals surface area (Å²) >= 11 is 6.23. The van der Waals surface area contributed by atoms with E-state index in [2.05, 4.69) is 14.4 Å². The highest BCUT2D eigenvalue weighted by atomic mass is 35.5. The maximum absolute atomic E-state index is 12.9. The molecule has 1 aromatic heterocycles. The molecule has 1 fully saturated rings. The van der Waals surface area contributed by atoms with Crippen LogP contribution in [-0.4, -0.2) is 41.1 Å². The fourth-order valence-electron chi connectivity index (χ4n) is 3.55. The van der Waals surface area contributed by atoms with Crippen LogP contribution in [0.2, 0.25) is 5.02 Å². The standard InChI is InChI=1S/C20H22ClN3O5S2/c1-13-12-22-20-18(7-6-17(21)19(13)20)24-31(27,28)16-4-2-15(3-5-16)30(25,26)23-14-8-10-29-11-9-14/h2-7,12,14,22-24H,8-11H2,1H3. The second-order valence-corrected chi connectivity index (χ2v) is 11.2. The Bertz CT molecular complexity index is 1310. The zero-order chi connectivity index (χ0) is 22.2. The van der Waals surface area contributed by atoms with Gasteiger partial charge in [0.25, 0.3) is 10.0 Å². The van der Waals surface area contributed by atoms with Gasteiger partial charge in [0.05, 0.1) is 26.0 Å². The number of hydrogen-bond donors (Lipinski definition) is 3. The summed E-state index contributed by atoms with van der Waals surface area (Å²) in [5, 5.41) is 1.26. The molecule has 0 atom stereocenters. The lowest BCUT2D eigenvalue weighted by molar-refractivity contribution is 0.0832. The molecule has 0 aliphatic carbocycles. The summed E-state index contributed by atoms with van der Waals surface area (Å²) in [6.45, 7) is 2.89. The second kappa shape index (κ2) is 8.44. The van der Waals surface area contributed by atoms with Crippen LogP contribution in [0, 0.1) is 6.92 Å². The Hall–Kier alpha value is -2.11. The Kier molecular flexibility index (Phi) is 6.01. The Morgan fingerprint density at radius 1 is 0.968 bits per heavy atom. The van der Waals surface area contributed by atoms with E-state index in [0.29, 0.717) is 42.3 Å². The van der Waals surface area contributed by atoms with Crippen molar-refractivity contribution >= 4 is 48.2 Å². The number of ether oxygens (including phenoxy) is 1. The minimum Gasteiger partial charge on any atom is -0.381 e. The molecule has 1 aliphatic rings. The molecule has 0 saturated carbocycles. The molecule has 1 aliphatic heterocycles. The van der Waals surface area contributed by atoms with Crippen LogP contribution >= 0.6 is 11.6 Å². The van der Waals surface area contributed by atoms with Gasteiger partial charge in [0.2, 0.25) is 10.0 Å². The smallest absolute Gasteiger partial charge is 0.261 e. The van der Waals surface area contributed by atoms with Crippen LogP contribution < -0.4 is 9.44 Å². The molecule has 8 nitrogen and oxygen atoms in total. The van der Waals surface area contributed by atoms with Crippen LogP contribution in [0.25, 0.3) is 10.9 Å². The number of aromatic amines is 1. The molecule has 0 radical (unpaired) electrons. The quantitative estimate of drug-likeness (QED) is 0.496. The molecule has 166 valence electrons. The largest absolute Gasteiger partial charge is 0.381 e. The van der Waals surface area contributed by atoms with Crippen LogP contribution in [0.15, 0.2) is 52.4 Å². The third-order valence-corrected chi connectivity index (χ3v) is 8.45. The summed E-state index contributed by atoms with van der Waals surface area (Å²) in [5.74, 6) is 0. The minimum absolute atomic E-state index is 0.00631. The third kappa shape index (κ3) is 4.58. The van der Waals surface area contributed by atoms with E-state index in [1.807, 2.05) is 6.92 Å². The van der Waals surface area contributed by atoms with Crippen molar-refractivity contribution in [3.05, 3.63) is 53.2 Å². The van der Waals surface area contributed by atoms with Crippen molar-refractivity contribution in [3.63, 3.8) is 0 Å². The Balaban J connectivity index is 1.56. The van der Waals surface area contributed by atoms with Gasteiger partial charge in [-0.2, -0.15) is 0 Å². The lowest BCUT2D eigenvalue weighted by Gasteiger charge is -2.23. The predicted molar refractivity (Wildman–Crippen MR) is 119 cm³/mol. The van der Waals surface area contributed by atoms with Crippen molar-refractivity contribution in [2.45, 2.75) is 35.6 Å². The summed E-state index contributed by atoms with van der Waals surface area (Å²) in [6.07, 6.45) is 2.95. The molecule has 0 bridgehead atoms. The highest BCUT2D eigenvalue weighted by Gasteiger charge is 2.23. The van der Waals surface area contributed by atoms with E-state index in [0.717, 1.165) is 10.9 Å². The number of H-pyrrole nitrogens is 1. The van der Waals surface area contributed by atoms with Crippen molar-refractivity contribution < 1.29 is 21.6 Å². The lowest BCUT2D eigenvalue weighted by Crippen LogP contribution is -2.38. The average Bonchev–Trinajstić information content (AvgIpc) is 3.13. The first-order chi connectivity index (χ1) is 14.7. The van der Waals surface area contributed by atoms with Gasteiger partial charge in [-0.05, 0) is 61.7 Å². The number of benzene rings is 2. The normalized spacial score (nSPS) is 15.9. The highest BCUT2D eigenvalue weighted by Crippen LogP contribution is 2.32. The van der Waals surface area contributed by atoms with Gasteiger partial charge in [0, 0.05) is 30.8 Å². The van der Waals surface area contributed by atoms with Crippen molar-refractivity contribution in [2.24, 2.45) is 0 Å². The maximum Gasteiger partial charge on any atom is 0.261 e. The lowest BCUT2D eigenvalue weighted by atomic mass is 10.1. The topological polar surface area (TPSA) is 117 Å². The molecule has 3 N–H and O–H groups in total. The maximum atomic E-state index is 12.9. The van der Waals surface area contributed by atoms with Gasteiger partial charge >= 0.3 is 0 Å².